The molecule has 0 aliphatic carbocycles. The van der Waals surface area contributed by atoms with Gasteiger partial charge in [-0.2, -0.15) is 0 Å². The van der Waals surface area contributed by atoms with E-state index in [1.54, 1.807) is 24.4 Å². The quantitative estimate of drug-likeness (QED) is 0.660. The Balaban J connectivity index is 1.92. The van der Waals surface area contributed by atoms with Gasteiger partial charge in [-0.15, -0.1) is 11.3 Å². The van der Waals surface area contributed by atoms with E-state index in [4.69, 9.17) is 4.74 Å². The zero-order chi connectivity index (χ0) is 20.2. The Morgan fingerprint density at radius 3 is 2.59 bits per heavy atom. The summed E-state index contributed by atoms with van der Waals surface area (Å²) in [5, 5.41) is 4.28. The Bertz CT molecular complexity index is 790. The largest absolute Gasteiger partial charge is 0.451 e. The molecule has 2 heterocycles. The topological polar surface area (TPSA) is 110 Å². The smallest absolute Gasteiger partial charge is 0.329 e. The second-order valence-electron chi connectivity index (χ2n) is 6.43. The van der Waals surface area contributed by atoms with Crippen molar-refractivity contribution in [2.24, 2.45) is 0 Å². The molecule has 150 valence electrons. The van der Waals surface area contributed by atoms with Crippen LogP contribution in [0.15, 0.2) is 17.5 Å². The molecule has 1 aromatic heterocycles. The highest BCUT2D eigenvalue weighted by Crippen LogP contribution is 2.19. The van der Waals surface area contributed by atoms with E-state index in [1.165, 1.54) is 30.1 Å². The average Bonchev–Trinajstić information content (AvgIpc) is 3.25. The number of esters is 1. The normalized spacial score (nSPS) is 20.5. The zero-order valence-corrected chi connectivity index (χ0v) is 17.1. The van der Waals surface area contributed by atoms with Gasteiger partial charge in [0.1, 0.15) is 6.04 Å². The van der Waals surface area contributed by atoms with Crippen molar-refractivity contribution >= 4 is 39.0 Å². The first-order valence-corrected chi connectivity index (χ1v) is 11.4. The lowest BCUT2D eigenvalue weighted by molar-refractivity contribution is -0.161. The van der Waals surface area contributed by atoms with Gasteiger partial charge in [-0.3, -0.25) is 9.59 Å². The fourth-order valence-corrected chi connectivity index (χ4v) is 5.27. The number of hydrogen-bond donors (Lipinski definition) is 1. The van der Waals surface area contributed by atoms with Gasteiger partial charge >= 0.3 is 5.97 Å². The van der Waals surface area contributed by atoms with Gasteiger partial charge in [0.25, 0.3) is 11.8 Å². The van der Waals surface area contributed by atoms with Gasteiger partial charge in [0, 0.05) is 12.6 Å². The zero-order valence-electron chi connectivity index (χ0n) is 15.5. The van der Waals surface area contributed by atoms with Crippen LogP contribution in [0.3, 0.4) is 0 Å². The molecule has 0 radical (unpaired) electrons. The summed E-state index contributed by atoms with van der Waals surface area (Å²) in [6, 6.07) is 2.05. The van der Waals surface area contributed by atoms with Crippen LogP contribution in [0.2, 0.25) is 0 Å². The van der Waals surface area contributed by atoms with Crippen LogP contribution >= 0.6 is 11.3 Å². The summed E-state index contributed by atoms with van der Waals surface area (Å²) in [4.78, 5) is 38.7. The predicted molar refractivity (Wildman–Crippen MR) is 101 cm³/mol. The van der Waals surface area contributed by atoms with Crippen LogP contribution < -0.4 is 5.32 Å². The van der Waals surface area contributed by atoms with E-state index in [9.17, 15) is 22.8 Å². The summed E-state index contributed by atoms with van der Waals surface area (Å²) in [6.07, 6.45) is -0.683. The summed E-state index contributed by atoms with van der Waals surface area (Å²) in [7, 11) is -3.13. The third-order valence-electron chi connectivity index (χ3n) is 4.36. The standard InChI is InChI=1S/C17H24N2O6S2/c1-4-19(13-7-9-27(23,24)10-13)16(21)12(3)25-17(22)11(2)18-15(20)14-6-5-8-26-14/h5-6,8,11-13H,4,7,9-10H2,1-3H3,(H,18,20). The maximum atomic E-state index is 12.6. The molecule has 3 atom stereocenters. The van der Waals surface area contributed by atoms with Gasteiger partial charge in [-0.05, 0) is 38.6 Å². The van der Waals surface area contributed by atoms with Crippen LogP contribution in [0.1, 0.15) is 36.9 Å². The van der Waals surface area contributed by atoms with E-state index in [0.717, 1.165) is 0 Å². The number of sulfone groups is 1. The second-order valence-corrected chi connectivity index (χ2v) is 9.61. The Kier molecular flexibility index (Phi) is 6.99. The SMILES string of the molecule is CCN(C(=O)C(C)OC(=O)C(C)NC(=O)c1cccs1)C1CCS(=O)(=O)C1. The molecule has 0 saturated carbocycles. The second kappa shape index (κ2) is 8.83. The monoisotopic (exact) mass is 416 g/mol. The molecule has 10 heteroatoms. The number of hydrogen-bond acceptors (Lipinski definition) is 7. The Morgan fingerprint density at radius 1 is 1.37 bits per heavy atom. The number of nitrogens with zero attached hydrogens (tertiary/aromatic N) is 1. The Labute approximate surface area is 162 Å². The van der Waals surface area contributed by atoms with Gasteiger partial charge < -0.3 is 15.0 Å². The molecular formula is C17H24N2O6S2. The first-order valence-electron chi connectivity index (χ1n) is 8.70. The number of likely N-dealkylation sites (N-methyl/N-ethyl adjacent to an activating group) is 1. The van der Waals surface area contributed by atoms with E-state index in [-0.39, 0.29) is 17.4 Å². The average molecular weight is 417 g/mol. The maximum absolute atomic E-state index is 12.6. The Hall–Kier alpha value is -1.94. The molecule has 1 aliphatic rings. The fraction of sp³-hybridized carbons (Fsp3) is 0.588. The molecule has 0 spiro atoms. The van der Waals surface area contributed by atoms with E-state index < -0.39 is 39.9 Å². The van der Waals surface area contributed by atoms with E-state index >= 15 is 0 Å². The van der Waals surface area contributed by atoms with Crippen molar-refractivity contribution in [1.82, 2.24) is 10.2 Å². The molecule has 2 amide bonds. The molecule has 0 bridgehead atoms. The number of ether oxygens (including phenoxy) is 1. The molecule has 1 aliphatic heterocycles. The van der Waals surface area contributed by atoms with E-state index in [0.29, 0.717) is 17.8 Å². The fourth-order valence-electron chi connectivity index (χ4n) is 2.91. The van der Waals surface area contributed by atoms with Crippen molar-refractivity contribution in [3.05, 3.63) is 22.4 Å². The molecule has 8 nitrogen and oxygen atoms in total. The first kappa shape index (κ1) is 21.4. The van der Waals surface area contributed by atoms with Crippen molar-refractivity contribution < 1.29 is 27.5 Å². The first-order chi connectivity index (χ1) is 12.6. The minimum absolute atomic E-state index is 0.0569. The number of amides is 2. The highest BCUT2D eigenvalue weighted by molar-refractivity contribution is 7.91. The molecule has 1 aromatic rings. The summed E-state index contributed by atoms with van der Waals surface area (Å²) in [5.41, 5.74) is 0. The highest BCUT2D eigenvalue weighted by Gasteiger charge is 2.36. The van der Waals surface area contributed by atoms with Gasteiger partial charge in [0.2, 0.25) is 0 Å². The summed E-state index contributed by atoms with van der Waals surface area (Å²) < 4.78 is 28.5. The van der Waals surface area contributed by atoms with E-state index in [1.807, 2.05) is 0 Å². The predicted octanol–water partition coefficient (Wildman–Crippen LogP) is 0.834. The molecule has 2 rings (SSSR count). The number of carbonyl (C=O) groups is 3. The lowest BCUT2D eigenvalue weighted by atomic mass is 10.2. The summed E-state index contributed by atoms with van der Waals surface area (Å²) in [6.45, 7) is 5.00. The van der Waals surface area contributed by atoms with Gasteiger partial charge in [0.05, 0.1) is 16.4 Å². The molecule has 1 saturated heterocycles. The minimum Gasteiger partial charge on any atom is -0.451 e. The van der Waals surface area contributed by atoms with Crippen molar-refractivity contribution in [1.29, 1.82) is 0 Å². The van der Waals surface area contributed by atoms with Crippen molar-refractivity contribution in [2.45, 2.75) is 45.4 Å². The molecule has 1 N–H and O–H groups in total. The molecule has 0 aromatic carbocycles. The number of carbonyl (C=O) groups excluding carboxylic acids is 3. The van der Waals surface area contributed by atoms with E-state index in [2.05, 4.69) is 5.32 Å². The lowest BCUT2D eigenvalue weighted by Crippen LogP contribution is -2.48. The van der Waals surface area contributed by atoms with Gasteiger partial charge in [0.15, 0.2) is 15.9 Å². The number of rotatable bonds is 7. The van der Waals surface area contributed by atoms with Crippen molar-refractivity contribution in [3.8, 4) is 0 Å². The van der Waals surface area contributed by atoms with Crippen molar-refractivity contribution in [2.75, 3.05) is 18.1 Å². The molecule has 27 heavy (non-hydrogen) atoms. The maximum Gasteiger partial charge on any atom is 0.329 e. The summed E-state index contributed by atoms with van der Waals surface area (Å²) >= 11 is 1.25. The van der Waals surface area contributed by atoms with Gasteiger partial charge in [-0.25, -0.2) is 13.2 Å². The third kappa shape index (κ3) is 5.52. The van der Waals surface area contributed by atoms with Crippen LogP contribution in [-0.4, -0.2) is 67.3 Å². The van der Waals surface area contributed by atoms with Crippen LogP contribution in [0, 0.1) is 0 Å². The summed E-state index contributed by atoms with van der Waals surface area (Å²) in [5.74, 6) is -1.57. The minimum atomic E-state index is -3.13. The van der Waals surface area contributed by atoms with Crippen molar-refractivity contribution in [3.63, 3.8) is 0 Å². The number of nitrogens with one attached hydrogen (secondary N) is 1. The lowest BCUT2D eigenvalue weighted by Gasteiger charge is -2.29. The molecule has 1 fully saturated rings. The molecular weight excluding hydrogens is 392 g/mol. The number of thiophene rings is 1. The van der Waals surface area contributed by atoms with Crippen LogP contribution in [0.4, 0.5) is 0 Å². The third-order valence-corrected chi connectivity index (χ3v) is 6.98. The van der Waals surface area contributed by atoms with Crippen LogP contribution in [0.25, 0.3) is 0 Å². The van der Waals surface area contributed by atoms with Crippen LogP contribution in [0.5, 0.6) is 0 Å². The Morgan fingerprint density at radius 2 is 2.07 bits per heavy atom. The highest BCUT2D eigenvalue weighted by atomic mass is 32.2. The molecule has 3 unspecified atom stereocenters. The van der Waals surface area contributed by atoms with Crippen LogP contribution in [-0.2, 0) is 24.2 Å². The van der Waals surface area contributed by atoms with Gasteiger partial charge in [-0.1, -0.05) is 6.07 Å².